The van der Waals surface area contributed by atoms with Crippen LogP contribution in [0, 0.1) is 5.92 Å². The van der Waals surface area contributed by atoms with Crippen LogP contribution in [0.5, 0.6) is 0 Å². The molecule has 0 aliphatic heterocycles. The Hall–Kier alpha value is -3.46. The summed E-state index contributed by atoms with van der Waals surface area (Å²) >= 11 is 0. The first-order chi connectivity index (χ1) is 14.0. The van der Waals surface area contributed by atoms with Gasteiger partial charge in [0.1, 0.15) is 0 Å². The van der Waals surface area contributed by atoms with Crippen molar-refractivity contribution in [3.8, 4) is 0 Å². The molecule has 140 valence electrons. The van der Waals surface area contributed by atoms with E-state index >= 15 is 0 Å². The van der Waals surface area contributed by atoms with E-state index in [-0.39, 0.29) is 10.9 Å². The lowest BCUT2D eigenvalue weighted by molar-refractivity contribution is 0.648. The van der Waals surface area contributed by atoms with E-state index in [2.05, 4.69) is 42.5 Å². The maximum Gasteiger partial charge on any atom is 0.190 e. The number of rotatable bonds is 2. The average Bonchev–Trinajstić information content (AvgIpc) is 2.70. The zero-order chi connectivity index (χ0) is 19.9. The van der Waals surface area contributed by atoms with Crippen molar-refractivity contribution < 1.29 is 0 Å². The Morgan fingerprint density at radius 3 is 1.83 bits per heavy atom. The molecule has 0 aliphatic carbocycles. The van der Waals surface area contributed by atoms with Crippen LogP contribution in [0.4, 0.5) is 0 Å². The highest BCUT2D eigenvalue weighted by Gasteiger charge is 2.18. The summed E-state index contributed by atoms with van der Waals surface area (Å²) in [6.07, 6.45) is 0.843. The Morgan fingerprint density at radius 1 is 0.759 bits per heavy atom. The minimum Gasteiger partial charge on any atom is -0.307 e. The minimum atomic E-state index is -0.0245. The maximum absolute atomic E-state index is 13.2. The van der Waals surface area contributed by atoms with Crippen LogP contribution in [-0.4, -0.2) is 4.40 Å². The molecule has 6 aromatic rings. The van der Waals surface area contributed by atoms with Gasteiger partial charge in [0, 0.05) is 39.1 Å². The van der Waals surface area contributed by atoms with E-state index in [4.69, 9.17) is 0 Å². The molecule has 3 aromatic heterocycles. The number of fused-ring (bicyclic) bond motifs is 2. The molecule has 0 aliphatic rings. The fourth-order valence-corrected chi connectivity index (χ4v) is 4.97. The lowest BCUT2D eigenvalue weighted by atomic mass is 9.95. The van der Waals surface area contributed by atoms with Crippen LogP contribution in [0.3, 0.4) is 0 Å². The van der Waals surface area contributed by atoms with Crippen LogP contribution in [-0.2, 0) is 6.42 Å². The van der Waals surface area contributed by atoms with Crippen LogP contribution in [0.1, 0.15) is 19.4 Å². The third kappa shape index (κ3) is 2.13. The van der Waals surface area contributed by atoms with Crippen molar-refractivity contribution in [2.45, 2.75) is 20.3 Å². The second kappa shape index (κ2) is 5.54. The van der Waals surface area contributed by atoms with Crippen molar-refractivity contribution in [1.82, 2.24) is 4.40 Å². The summed E-state index contributed by atoms with van der Waals surface area (Å²) in [7, 11) is 0. The summed E-state index contributed by atoms with van der Waals surface area (Å²) in [6, 6.07) is 19.8. The first-order valence-electron chi connectivity index (χ1n) is 10.0. The number of hydrogen-bond acceptors (Lipinski definition) is 2. The first kappa shape index (κ1) is 16.5. The summed E-state index contributed by atoms with van der Waals surface area (Å²) in [5.74, 6) is 0.453. The van der Waals surface area contributed by atoms with E-state index in [0.717, 1.165) is 50.1 Å². The molecule has 0 N–H and O–H groups in total. The molecular formula is C26H19NO2. The van der Waals surface area contributed by atoms with Gasteiger partial charge in [-0.25, -0.2) is 0 Å². The van der Waals surface area contributed by atoms with E-state index in [9.17, 15) is 9.59 Å². The molecule has 3 aromatic carbocycles. The van der Waals surface area contributed by atoms with Crippen molar-refractivity contribution in [2.24, 2.45) is 5.92 Å². The van der Waals surface area contributed by atoms with Crippen molar-refractivity contribution in [1.29, 1.82) is 0 Å². The van der Waals surface area contributed by atoms with Crippen LogP contribution in [0.2, 0.25) is 0 Å². The molecule has 0 bridgehead atoms. The molecule has 0 unspecified atom stereocenters. The highest BCUT2D eigenvalue weighted by molar-refractivity contribution is 6.22. The van der Waals surface area contributed by atoms with Gasteiger partial charge in [0.05, 0.1) is 16.6 Å². The van der Waals surface area contributed by atoms with Crippen molar-refractivity contribution >= 4 is 48.9 Å². The molecule has 3 nitrogen and oxygen atoms in total. The van der Waals surface area contributed by atoms with E-state index in [1.54, 1.807) is 12.1 Å². The van der Waals surface area contributed by atoms with Crippen LogP contribution < -0.4 is 10.9 Å². The molecule has 0 spiro atoms. The number of benzene rings is 3. The molecular weight excluding hydrogens is 358 g/mol. The largest absolute Gasteiger partial charge is 0.307 e. The lowest BCUT2D eigenvalue weighted by Crippen LogP contribution is -2.13. The fraction of sp³-hybridized carbons (Fsp3) is 0.154. The lowest BCUT2D eigenvalue weighted by Gasteiger charge is -2.18. The second-order valence-corrected chi connectivity index (χ2v) is 8.47. The molecule has 0 amide bonds. The summed E-state index contributed by atoms with van der Waals surface area (Å²) < 4.78 is 2.11. The van der Waals surface area contributed by atoms with Gasteiger partial charge in [-0.1, -0.05) is 50.2 Å². The van der Waals surface area contributed by atoms with E-state index in [1.165, 1.54) is 0 Å². The summed E-state index contributed by atoms with van der Waals surface area (Å²) in [6.45, 7) is 4.29. The van der Waals surface area contributed by atoms with Crippen LogP contribution >= 0.6 is 0 Å². The van der Waals surface area contributed by atoms with Crippen LogP contribution in [0.25, 0.3) is 48.9 Å². The average molecular weight is 377 g/mol. The Labute approximate surface area is 166 Å². The van der Waals surface area contributed by atoms with Crippen molar-refractivity contribution in [3.05, 3.63) is 86.7 Å². The number of pyridine rings is 3. The topological polar surface area (TPSA) is 38.5 Å². The van der Waals surface area contributed by atoms with Crippen LogP contribution in [0.15, 0.2) is 70.3 Å². The molecule has 6 rings (SSSR count). The number of aromatic nitrogens is 1. The monoisotopic (exact) mass is 377 g/mol. The Balaban J connectivity index is 1.97. The summed E-state index contributed by atoms with van der Waals surface area (Å²) in [5, 5.41) is 5.57. The third-order valence-electron chi connectivity index (χ3n) is 6.04. The highest BCUT2D eigenvalue weighted by atomic mass is 16.1. The van der Waals surface area contributed by atoms with Gasteiger partial charge in [-0.3, -0.25) is 9.59 Å². The Bertz CT molecular complexity index is 1580. The van der Waals surface area contributed by atoms with E-state index < -0.39 is 0 Å². The normalized spacial score (nSPS) is 12.5. The van der Waals surface area contributed by atoms with Gasteiger partial charge in [0.2, 0.25) is 0 Å². The van der Waals surface area contributed by atoms with Gasteiger partial charge in [0.25, 0.3) is 0 Å². The maximum atomic E-state index is 13.2. The molecule has 0 fully saturated rings. The fourth-order valence-electron chi connectivity index (χ4n) is 4.97. The van der Waals surface area contributed by atoms with Gasteiger partial charge in [-0.05, 0) is 35.4 Å². The number of nitrogens with zero attached hydrogens (tertiary/aromatic N) is 1. The Kier molecular flexibility index (Phi) is 3.15. The molecule has 3 heterocycles. The van der Waals surface area contributed by atoms with Crippen molar-refractivity contribution in [3.63, 3.8) is 0 Å². The summed E-state index contributed by atoms with van der Waals surface area (Å²) in [4.78, 5) is 26.3. The molecule has 29 heavy (non-hydrogen) atoms. The Morgan fingerprint density at radius 2 is 1.31 bits per heavy atom. The number of hydrogen-bond donors (Lipinski definition) is 0. The predicted octanol–water partition coefficient (Wildman–Crippen LogP) is 5.35. The molecule has 3 heteroatoms. The van der Waals surface area contributed by atoms with Crippen molar-refractivity contribution in [2.75, 3.05) is 0 Å². The van der Waals surface area contributed by atoms with Gasteiger partial charge in [-0.15, -0.1) is 0 Å². The molecule has 0 atom stereocenters. The summed E-state index contributed by atoms with van der Waals surface area (Å²) in [5.41, 5.74) is 3.47. The second-order valence-electron chi connectivity index (χ2n) is 8.47. The highest BCUT2D eigenvalue weighted by Crippen LogP contribution is 2.35. The van der Waals surface area contributed by atoms with E-state index in [0.29, 0.717) is 16.7 Å². The molecule has 0 saturated carbocycles. The molecule has 0 radical (unpaired) electrons. The van der Waals surface area contributed by atoms with Gasteiger partial charge in [-0.2, -0.15) is 0 Å². The predicted molar refractivity (Wildman–Crippen MR) is 121 cm³/mol. The first-order valence-corrected chi connectivity index (χ1v) is 10.0. The third-order valence-corrected chi connectivity index (χ3v) is 6.04. The minimum absolute atomic E-state index is 0.0245. The standard InChI is InChI=1S/C26H19NO2/c1-14(2)9-15-10-19-23(28)12-21-17-7-3-5-16-6-4-8-18(25(16)17)22-13-24(29)20(11-15)26(19)27(21)22/h3-8,10-14H,9H2,1-2H3. The van der Waals surface area contributed by atoms with Gasteiger partial charge < -0.3 is 4.40 Å². The SMILES string of the molecule is CC(C)Cc1cc2c(=O)cc3c4cccc5cccc(c54)c4cc(=O)c(c1)c2n34. The quantitative estimate of drug-likeness (QED) is 0.301. The van der Waals surface area contributed by atoms with E-state index in [1.807, 2.05) is 24.3 Å². The smallest absolute Gasteiger partial charge is 0.190 e. The zero-order valence-corrected chi connectivity index (χ0v) is 16.3. The molecule has 0 saturated heterocycles. The van der Waals surface area contributed by atoms with Gasteiger partial charge in [0.15, 0.2) is 10.9 Å². The zero-order valence-electron chi connectivity index (χ0n) is 16.3. The van der Waals surface area contributed by atoms with Gasteiger partial charge >= 0.3 is 0 Å².